The van der Waals surface area contributed by atoms with E-state index in [1.54, 1.807) is 28.8 Å². The quantitative estimate of drug-likeness (QED) is 0.695. The van der Waals surface area contributed by atoms with E-state index in [1.165, 1.54) is 7.11 Å². The van der Waals surface area contributed by atoms with Gasteiger partial charge in [-0.3, -0.25) is 4.79 Å². The molecule has 1 aromatic carbocycles. The van der Waals surface area contributed by atoms with E-state index in [2.05, 4.69) is 0 Å². The first-order valence-electron chi connectivity index (χ1n) is 9.88. The number of carbonyl (C=O) groups is 1. The summed E-state index contributed by atoms with van der Waals surface area (Å²) < 4.78 is 18.0. The van der Waals surface area contributed by atoms with Crippen LogP contribution in [-0.4, -0.2) is 30.4 Å². The Hall–Kier alpha value is -2.48. The summed E-state index contributed by atoms with van der Waals surface area (Å²) in [5.74, 6) is -1.34. The number of halogens is 2. The van der Waals surface area contributed by atoms with Crippen LogP contribution in [-0.2, 0) is 20.8 Å². The van der Waals surface area contributed by atoms with E-state index in [1.807, 2.05) is 6.92 Å². The number of nitrogens with two attached hydrogens (primary N) is 1. The third-order valence-corrected chi connectivity index (χ3v) is 6.40. The molecule has 2 aliphatic rings. The number of rotatable bonds is 4. The Kier molecular flexibility index (Phi) is 6.01. The minimum atomic E-state index is -0.824. The maximum atomic E-state index is 13.7. The molecular formula is C22H22Cl2N2O5. The fourth-order valence-corrected chi connectivity index (χ4v) is 4.45. The predicted octanol–water partition coefficient (Wildman–Crippen LogP) is 3.51. The van der Waals surface area contributed by atoms with Gasteiger partial charge in [-0.25, -0.2) is 4.79 Å². The molecule has 2 atom stereocenters. The second-order valence-electron chi connectivity index (χ2n) is 7.59. The molecule has 9 heteroatoms. The highest BCUT2D eigenvalue weighted by molar-refractivity contribution is 6.42. The van der Waals surface area contributed by atoms with Crippen molar-refractivity contribution in [3.8, 4) is 5.75 Å². The number of aryl methyl sites for hydroxylation is 1. The first kappa shape index (κ1) is 21.7. The van der Waals surface area contributed by atoms with Crippen molar-refractivity contribution in [2.45, 2.75) is 38.3 Å². The minimum Gasteiger partial charge on any atom is -0.465 e. The number of ether oxygens (including phenoxy) is 3. The Balaban J connectivity index is 1.93. The van der Waals surface area contributed by atoms with Gasteiger partial charge in [0.05, 0.1) is 41.3 Å². The summed E-state index contributed by atoms with van der Waals surface area (Å²) in [6.45, 7) is 2.92. The molecule has 1 saturated heterocycles. The summed E-state index contributed by atoms with van der Waals surface area (Å²) in [4.78, 5) is 26.3. The number of pyridine rings is 1. The molecule has 2 aromatic rings. The smallest absolute Gasteiger partial charge is 0.340 e. The van der Waals surface area contributed by atoms with Gasteiger partial charge in [0, 0.05) is 18.4 Å². The van der Waals surface area contributed by atoms with E-state index in [4.69, 9.17) is 43.1 Å². The van der Waals surface area contributed by atoms with Crippen molar-refractivity contribution in [1.29, 1.82) is 0 Å². The predicted molar refractivity (Wildman–Crippen MR) is 117 cm³/mol. The lowest BCUT2D eigenvalue weighted by molar-refractivity contribution is -0.136. The fraction of sp³-hybridized carbons (Fsp3) is 0.364. The number of benzene rings is 1. The summed E-state index contributed by atoms with van der Waals surface area (Å²) in [6, 6.07) is 6.67. The van der Waals surface area contributed by atoms with Crippen LogP contribution in [0.15, 0.2) is 40.5 Å². The van der Waals surface area contributed by atoms with Gasteiger partial charge in [-0.15, -0.1) is 0 Å². The second-order valence-corrected chi connectivity index (χ2v) is 8.41. The zero-order valence-corrected chi connectivity index (χ0v) is 18.6. The summed E-state index contributed by atoms with van der Waals surface area (Å²) >= 11 is 12.3. The Bertz CT molecular complexity index is 1140. The van der Waals surface area contributed by atoms with Crippen LogP contribution >= 0.6 is 23.2 Å². The lowest BCUT2D eigenvalue weighted by Gasteiger charge is -2.29. The van der Waals surface area contributed by atoms with E-state index in [-0.39, 0.29) is 28.7 Å². The number of aromatic nitrogens is 1. The van der Waals surface area contributed by atoms with Gasteiger partial charge in [-0.05, 0) is 37.5 Å². The first-order valence-corrected chi connectivity index (χ1v) is 10.6. The fourth-order valence-electron chi connectivity index (χ4n) is 4.14. The van der Waals surface area contributed by atoms with Crippen LogP contribution in [0.2, 0.25) is 10.0 Å². The molecule has 0 saturated carbocycles. The molecule has 4 rings (SSSR count). The molecule has 31 heavy (non-hydrogen) atoms. The number of nitrogens with zero attached hydrogens (tertiary/aromatic N) is 1. The van der Waals surface area contributed by atoms with Crippen molar-refractivity contribution >= 4 is 29.2 Å². The minimum absolute atomic E-state index is 0.0388. The molecule has 1 fully saturated rings. The van der Waals surface area contributed by atoms with Gasteiger partial charge in [-0.2, -0.15) is 0 Å². The summed E-state index contributed by atoms with van der Waals surface area (Å²) in [5.41, 5.74) is 7.44. The summed E-state index contributed by atoms with van der Waals surface area (Å²) in [6.07, 6.45) is 1.81. The number of hydrogen-bond donors (Lipinski definition) is 1. The summed E-state index contributed by atoms with van der Waals surface area (Å²) in [7, 11) is 1.24. The van der Waals surface area contributed by atoms with Gasteiger partial charge in [0.25, 0.3) is 5.56 Å². The van der Waals surface area contributed by atoms with Gasteiger partial charge >= 0.3 is 5.97 Å². The highest BCUT2D eigenvalue weighted by atomic mass is 35.5. The average molecular weight is 465 g/mol. The first-order chi connectivity index (χ1) is 14.8. The van der Waals surface area contributed by atoms with Crippen molar-refractivity contribution in [3.63, 3.8) is 0 Å². The molecule has 0 unspecified atom stereocenters. The molecule has 164 valence electrons. The maximum absolute atomic E-state index is 13.7. The molecule has 0 aliphatic carbocycles. The molecule has 2 N–H and O–H groups in total. The molecule has 3 heterocycles. The Morgan fingerprint density at radius 2 is 2.06 bits per heavy atom. The second kappa shape index (κ2) is 8.57. The molecule has 7 nitrogen and oxygen atoms in total. The van der Waals surface area contributed by atoms with E-state index >= 15 is 0 Å². The van der Waals surface area contributed by atoms with Crippen molar-refractivity contribution in [3.05, 3.63) is 72.9 Å². The van der Waals surface area contributed by atoms with E-state index in [0.29, 0.717) is 40.2 Å². The highest BCUT2D eigenvalue weighted by Crippen LogP contribution is 2.42. The van der Waals surface area contributed by atoms with Crippen molar-refractivity contribution < 1.29 is 19.0 Å². The lowest BCUT2D eigenvalue weighted by Crippen LogP contribution is -2.36. The van der Waals surface area contributed by atoms with Crippen molar-refractivity contribution in [1.82, 2.24) is 4.57 Å². The monoisotopic (exact) mass is 464 g/mol. The topological polar surface area (TPSA) is 92.8 Å². The van der Waals surface area contributed by atoms with Crippen LogP contribution in [0.1, 0.15) is 35.6 Å². The van der Waals surface area contributed by atoms with E-state index < -0.39 is 11.9 Å². The molecule has 0 bridgehead atoms. The van der Waals surface area contributed by atoms with Crippen molar-refractivity contribution in [2.24, 2.45) is 5.73 Å². The number of methoxy groups -OCH3 is 1. The molecule has 0 radical (unpaired) electrons. The molecular weight excluding hydrogens is 443 g/mol. The Labute approximate surface area is 189 Å². The SMILES string of the molecule is COC(=O)C1=C(N)Oc2cc(C)n(C[C@H]3CCCO3)c(=O)c2[C@@H]1c1ccc(Cl)c(Cl)c1. The van der Waals surface area contributed by atoms with Gasteiger partial charge in [0.2, 0.25) is 5.88 Å². The van der Waals surface area contributed by atoms with Crippen LogP contribution < -0.4 is 16.0 Å². The molecule has 0 spiro atoms. The van der Waals surface area contributed by atoms with Crippen molar-refractivity contribution in [2.75, 3.05) is 13.7 Å². The van der Waals surface area contributed by atoms with Gasteiger partial charge in [-0.1, -0.05) is 29.3 Å². The average Bonchev–Trinajstić information content (AvgIpc) is 3.25. The number of esters is 1. The van der Waals surface area contributed by atoms with E-state index in [0.717, 1.165) is 12.8 Å². The number of carbonyl (C=O) groups excluding carboxylic acids is 1. The lowest BCUT2D eigenvalue weighted by atomic mass is 9.83. The maximum Gasteiger partial charge on any atom is 0.340 e. The van der Waals surface area contributed by atoms with Crippen LogP contribution in [0.4, 0.5) is 0 Å². The molecule has 1 aromatic heterocycles. The molecule has 0 amide bonds. The van der Waals surface area contributed by atoms with Crippen LogP contribution in [0.5, 0.6) is 5.75 Å². The third-order valence-electron chi connectivity index (χ3n) is 5.66. The van der Waals surface area contributed by atoms with Crippen LogP contribution in [0.25, 0.3) is 0 Å². The Morgan fingerprint density at radius 3 is 2.71 bits per heavy atom. The third kappa shape index (κ3) is 3.93. The van der Waals surface area contributed by atoms with Gasteiger partial charge in [0.1, 0.15) is 11.3 Å². The Morgan fingerprint density at radius 1 is 1.29 bits per heavy atom. The van der Waals surface area contributed by atoms with Gasteiger partial charge in [0.15, 0.2) is 0 Å². The molecule has 2 aliphatic heterocycles. The van der Waals surface area contributed by atoms with Crippen LogP contribution in [0.3, 0.4) is 0 Å². The van der Waals surface area contributed by atoms with E-state index in [9.17, 15) is 9.59 Å². The zero-order chi connectivity index (χ0) is 22.3. The van der Waals surface area contributed by atoms with Gasteiger partial charge < -0.3 is 24.5 Å². The number of hydrogen-bond acceptors (Lipinski definition) is 6. The largest absolute Gasteiger partial charge is 0.465 e. The zero-order valence-electron chi connectivity index (χ0n) is 17.1. The normalized spacial score (nSPS) is 20.4. The number of fused-ring (bicyclic) bond motifs is 1. The summed E-state index contributed by atoms with van der Waals surface area (Å²) in [5, 5.41) is 0.649. The highest BCUT2D eigenvalue weighted by Gasteiger charge is 2.38. The standard InChI is InChI=1S/C22H22Cl2N2O5/c1-11-8-16-18(21(27)26(11)10-13-4-3-7-30-13)17(12-5-6-14(23)15(24)9-12)19(20(25)31-16)22(28)29-2/h5-6,8-9,13,17H,3-4,7,10,25H2,1-2H3/t13-,17+/m1/s1. The van der Waals surface area contributed by atoms with Crippen LogP contribution in [0, 0.1) is 6.92 Å².